The standard InChI is InChI=1S/C58H70O14/c1-39(2)29-45(5-4-28-63-35-55-36-69-55)58(62)72-52-26-14-43(15-27-52)41-10-20-49(21-11-41)65-32-47(60)34-67-54-7-3-6-53(30-54)66-33-46(59)31-64-48-18-8-40(9-19-48)42-12-24-51(25-13-42)71-57(61)44-16-22-50(23-17-44)68-37-56-38-70-56/h3-11,16-23,29-30,39,42-43,46-47,51-52,55-56,59-60H,12-15,24-28,31-38H2,1-2H3/b5-4-,45-29+. The molecule has 4 unspecified atom stereocenters. The van der Waals surface area contributed by atoms with Crippen molar-refractivity contribution in [2.75, 3.05) is 59.5 Å². The first-order valence-corrected chi connectivity index (χ1v) is 25.6. The highest BCUT2D eigenvalue weighted by Gasteiger charge is 2.28. The molecule has 4 atom stereocenters. The highest BCUT2D eigenvalue weighted by molar-refractivity contribution is 5.91. The van der Waals surface area contributed by atoms with Crippen molar-refractivity contribution in [2.45, 2.75) is 114 Å². The van der Waals surface area contributed by atoms with E-state index >= 15 is 0 Å². The largest absolute Gasteiger partial charge is 0.491 e. The third kappa shape index (κ3) is 17.4. The van der Waals surface area contributed by atoms with Crippen molar-refractivity contribution in [3.8, 4) is 28.7 Å². The van der Waals surface area contributed by atoms with E-state index in [0.29, 0.717) is 71.5 Å². The SMILES string of the molecule is CC(C)/C=C(\C=C/COCC1CO1)C(=O)OC1CCC(c2ccc(OCC(O)COc3cccc(OCC(O)COc4ccc(C5CCC(OC(=O)c6ccc(OCC7CO7)cc6)CC5)cc4)c3)cc2)CC1. The quantitative estimate of drug-likeness (QED) is 0.0190. The maximum Gasteiger partial charge on any atom is 0.338 e. The molecule has 8 rings (SSSR count). The van der Waals surface area contributed by atoms with Crippen LogP contribution in [0, 0.1) is 5.92 Å². The lowest BCUT2D eigenvalue weighted by Gasteiger charge is -2.29. The van der Waals surface area contributed by atoms with E-state index in [0.717, 1.165) is 64.6 Å². The second-order valence-electron chi connectivity index (χ2n) is 19.5. The van der Waals surface area contributed by atoms with Gasteiger partial charge in [0, 0.05) is 6.07 Å². The van der Waals surface area contributed by atoms with Gasteiger partial charge in [0.15, 0.2) is 0 Å². The van der Waals surface area contributed by atoms with E-state index in [1.165, 1.54) is 11.1 Å². The molecule has 0 aromatic heterocycles. The van der Waals surface area contributed by atoms with Gasteiger partial charge in [-0.15, -0.1) is 0 Å². The fourth-order valence-electron chi connectivity index (χ4n) is 8.86. The van der Waals surface area contributed by atoms with E-state index in [4.69, 9.17) is 47.4 Å². The van der Waals surface area contributed by atoms with Gasteiger partial charge in [-0.2, -0.15) is 0 Å². The van der Waals surface area contributed by atoms with E-state index in [-0.39, 0.29) is 68.7 Å². The van der Waals surface area contributed by atoms with E-state index < -0.39 is 12.2 Å². The molecule has 2 N–H and O–H groups in total. The third-order valence-electron chi connectivity index (χ3n) is 13.1. The maximum atomic E-state index is 13.1. The number of rotatable bonds is 27. The number of aliphatic hydroxyl groups excluding tert-OH is 2. The number of benzene rings is 4. The van der Waals surface area contributed by atoms with Gasteiger partial charge in [-0.05, 0) is 147 Å². The Kier molecular flexibility index (Phi) is 19.4. The smallest absolute Gasteiger partial charge is 0.338 e. The molecule has 0 spiro atoms. The molecule has 72 heavy (non-hydrogen) atoms. The average Bonchev–Trinajstić information content (AvgIpc) is 4.36. The molecule has 4 aliphatic rings. The molecule has 386 valence electrons. The van der Waals surface area contributed by atoms with Gasteiger partial charge in [0.1, 0.15) is 98.4 Å². The number of epoxide rings is 2. The van der Waals surface area contributed by atoms with Crippen molar-refractivity contribution in [2.24, 2.45) is 5.92 Å². The van der Waals surface area contributed by atoms with E-state index in [2.05, 4.69) is 24.3 Å². The normalized spacial score (nSPS) is 22.7. The molecular weight excluding hydrogens is 921 g/mol. The molecule has 0 amide bonds. The van der Waals surface area contributed by atoms with Gasteiger partial charge < -0.3 is 57.6 Å². The minimum Gasteiger partial charge on any atom is -0.491 e. The molecule has 2 saturated heterocycles. The topological polar surface area (TPSA) is 174 Å². The number of aliphatic hydroxyl groups is 2. The fourth-order valence-corrected chi connectivity index (χ4v) is 8.86. The third-order valence-corrected chi connectivity index (χ3v) is 13.1. The molecule has 0 radical (unpaired) electrons. The van der Waals surface area contributed by atoms with Crippen LogP contribution in [0.3, 0.4) is 0 Å². The average molecular weight is 991 g/mol. The summed E-state index contributed by atoms with van der Waals surface area (Å²) >= 11 is 0. The monoisotopic (exact) mass is 990 g/mol. The van der Waals surface area contributed by atoms with Crippen molar-refractivity contribution in [1.29, 1.82) is 0 Å². The van der Waals surface area contributed by atoms with Gasteiger partial charge in [-0.3, -0.25) is 0 Å². The molecule has 2 heterocycles. The van der Waals surface area contributed by atoms with Crippen molar-refractivity contribution in [3.63, 3.8) is 0 Å². The second-order valence-corrected chi connectivity index (χ2v) is 19.5. The van der Waals surface area contributed by atoms with E-state index in [1.807, 2.05) is 50.3 Å². The molecule has 14 nitrogen and oxygen atoms in total. The van der Waals surface area contributed by atoms with Gasteiger partial charge in [0.25, 0.3) is 0 Å². The molecule has 2 saturated carbocycles. The first-order valence-electron chi connectivity index (χ1n) is 25.6. The van der Waals surface area contributed by atoms with Crippen molar-refractivity contribution < 1.29 is 67.2 Å². The van der Waals surface area contributed by atoms with Gasteiger partial charge in [-0.25, -0.2) is 9.59 Å². The first kappa shape index (κ1) is 52.4. The molecule has 4 aromatic carbocycles. The van der Waals surface area contributed by atoms with Crippen molar-refractivity contribution in [3.05, 3.63) is 138 Å². The number of carbonyl (C=O) groups is 2. The molecule has 2 aliphatic carbocycles. The minimum atomic E-state index is -0.877. The van der Waals surface area contributed by atoms with Crippen LogP contribution in [0.4, 0.5) is 0 Å². The summed E-state index contributed by atoms with van der Waals surface area (Å²) in [6, 6.07) is 30.0. The van der Waals surface area contributed by atoms with Crippen LogP contribution in [-0.2, 0) is 28.5 Å². The highest BCUT2D eigenvalue weighted by atomic mass is 16.6. The summed E-state index contributed by atoms with van der Waals surface area (Å²) in [6.07, 6.45) is 10.8. The number of hydrogen-bond acceptors (Lipinski definition) is 14. The Bertz CT molecular complexity index is 2340. The van der Waals surface area contributed by atoms with Crippen LogP contribution < -0.4 is 23.7 Å². The Morgan fingerprint density at radius 1 is 0.583 bits per heavy atom. The first-order chi connectivity index (χ1) is 35.1. The summed E-state index contributed by atoms with van der Waals surface area (Å²) < 4.78 is 56.8. The number of esters is 2. The fraction of sp³-hybridized carbons (Fsp3) is 0.483. The molecular formula is C58H70O14. The number of ether oxygens (including phenoxy) is 10. The molecule has 4 aromatic rings. The van der Waals surface area contributed by atoms with Gasteiger partial charge in [0.05, 0.1) is 37.6 Å². The molecule has 0 bridgehead atoms. The van der Waals surface area contributed by atoms with Crippen LogP contribution in [0.25, 0.3) is 0 Å². The summed E-state index contributed by atoms with van der Waals surface area (Å²) in [5.74, 6) is 3.37. The lowest BCUT2D eigenvalue weighted by Crippen LogP contribution is -2.25. The Morgan fingerprint density at radius 3 is 1.54 bits per heavy atom. The van der Waals surface area contributed by atoms with Crippen molar-refractivity contribution in [1.82, 2.24) is 0 Å². The Balaban J connectivity index is 0.671. The zero-order valence-electron chi connectivity index (χ0n) is 41.5. The number of allylic oxidation sites excluding steroid dienone is 1. The number of hydrogen-bond donors (Lipinski definition) is 2. The maximum absolute atomic E-state index is 13.1. The summed E-state index contributed by atoms with van der Waals surface area (Å²) in [5.41, 5.74) is 3.49. The highest BCUT2D eigenvalue weighted by Crippen LogP contribution is 2.37. The summed E-state index contributed by atoms with van der Waals surface area (Å²) in [5, 5.41) is 21.3. The van der Waals surface area contributed by atoms with Crippen LogP contribution >= 0.6 is 0 Å². The Morgan fingerprint density at radius 2 is 1.04 bits per heavy atom. The lowest BCUT2D eigenvalue weighted by molar-refractivity contribution is -0.145. The lowest BCUT2D eigenvalue weighted by atomic mass is 9.82. The van der Waals surface area contributed by atoms with Gasteiger partial charge in [-0.1, -0.05) is 56.3 Å². The zero-order valence-corrected chi connectivity index (χ0v) is 41.5. The van der Waals surface area contributed by atoms with Crippen LogP contribution in [-0.4, -0.2) is 118 Å². The molecule has 4 fully saturated rings. The van der Waals surface area contributed by atoms with Crippen LogP contribution in [0.15, 0.2) is 121 Å². The van der Waals surface area contributed by atoms with Crippen LogP contribution in [0.2, 0.25) is 0 Å². The Hall–Kier alpha value is -5.90. The van der Waals surface area contributed by atoms with Crippen LogP contribution in [0.5, 0.6) is 28.7 Å². The Labute approximate surface area is 423 Å². The van der Waals surface area contributed by atoms with Crippen LogP contribution in [0.1, 0.15) is 98.5 Å². The molecule has 14 heteroatoms. The zero-order chi connectivity index (χ0) is 50.1. The predicted molar refractivity (Wildman–Crippen MR) is 269 cm³/mol. The minimum absolute atomic E-state index is 0.0146. The second kappa shape index (κ2) is 26.7. The number of carbonyl (C=O) groups excluding carboxylic acids is 2. The van der Waals surface area contributed by atoms with E-state index in [9.17, 15) is 19.8 Å². The molecule has 2 aliphatic heterocycles. The predicted octanol–water partition coefficient (Wildman–Crippen LogP) is 9.11. The van der Waals surface area contributed by atoms with Gasteiger partial charge >= 0.3 is 11.9 Å². The van der Waals surface area contributed by atoms with Crippen molar-refractivity contribution >= 4 is 11.9 Å². The summed E-state index contributed by atoms with van der Waals surface area (Å²) in [6.45, 7) is 7.21. The summed E-state index contributed by atoms with van der Waals surface area (Å²) in [4.78, 5) is 25.8. The van der Waals surface area contributed by atoms with Gasteiger partial charge in [0.2, 0.25) is 0 Å². The summed E-state index contributed by atoms with van der Waals surface area (Å²) in [7, 11) is 0. The van der Waals surface area contributed by atoms with E-state index in [1.54, 1.807) is 54.6 Å².